The number of hydrogen-bond acceptors (Lipinski definition) is 4. The molecular weight excluding hydrogens is 530 g/mol. The van der Waals surface area contributed by atoms with Gasteiger partial charge in [0.05, 0.1) is 36.6 Å². The van der Waals surface area contributed by atoms with Crippen molar-refractivity contribution < 1.29 is 45.4 Å². The number of carbonyl (C=O) groups is 2. The maximum absolute atomic E-state index is 13.5. The predicted octanol–water partition coefficient (Wildman–Crippen LogP) is 7.28. The van der Waals surface area contributed by atoms with E-state index in [-0.39, 0.29) is 24.7 Å². The molecule has 0 radical (unpaired) electrons. The van der Waals surface area contributed by atoms with Crippen LogP contribution < -0.4 is 4.90 Å². The highest BCUT2D eigenvalue weighted by Gasteiger charge is 2.41. The van der Waals surface area contributed by atoms with Gasteiger partial charge >= 0.3 is 24.5 Å². The van der Waals surface area contributed by atoms with Crippen molar-refractivity contribution in [1.29, 1.82) is 0 Å². The maximum atomic E-state index is 13.5. The van der Waals surface area contributed by atoms with Crippen molar-refractivity contribution in [3.05, 3.63) is 63.7 Å². The predicted molar refractivity (Wildman–Crippen MR) is 129 cm³/mol. The summed E-state index contributed by atoms with van der Waals surface area (Å²) in [5.74, 6) is 0. The molecule has 0 bridgehead atoms. The Bertz CT molecular complexity index is 1230. The zero-order chi connectivity index (χ0) is 28.7. The molecule has 2 aliphatic rings. The number of hydrogen-bond donors (Lipinski definition) is 0. The summed E-state index contributed by atoms with van der Waals surface area (Å²) >= 11 is 0. The summed E-state index contributed by atoms with van der Waals surface area (Å²) in [5, 5.41) is 0. The van der Waals surface area contributed by atoms with E-state index >= 15 is 0 Å². The molecule has 0 N–H and O–H groups in total. The third kappa shape index (κ3) is 5.79. The fourth-order valence-corrected chi connectivity index (χ4v) is 5.39. The van der Waals surface area contributed by atoms with Gasteiger partial charge in [-0.05, 0) is 86.1 Å². The number of benzene rings is 2. The van der Waals surface area contributed by atoms with E-state index in [1.165, 1.54) is 4.90 Å². The second-order valence-corrected chi connectivity index (χ2v) is 9.71. The van der Waals surface area contributed by atoms with Crippen molar-refractivity contribution in [3.63, 3.8) is 0 Å². The molecule has 4 rings (SSSR count). The van der Waals surface area contributed by atoms with Gasteiger partial charge in [0.15, 0.2) is 0 Å². The first kappa shape index (κ1) is 28.6. The van der Waals surface area contributed by atoms with Gasteiger partial charge in [-0.15, -0.1) is 0 Å². The zero-order valence-electron chi connectivity index (χ0n) is 21.6. The van der Waals surface area contributed by atoms with E-state index in [9.17, 15) is 35.9 Å². The SMILES string of the molecule is CCOC(=O)N1c2cc3c(cc2[C@@H](N(Cc2cc(C(F)(F)F)cc(C(F)(F)F)c2)C(=O)OC)C[C@H]1C)CCC3. The average molecular weight is 559 g/mol. The van der Waals surface area contributed by atoms with Crippen LogP contribution in [0.2, 0.25) is 0 Å². The van der Waals surface area contributed by atoms with Crippen molar-refractivity contribution >= 4 is 17.9 Å². The largest absolute Gasteiger partial charge is 0.453 e. The van der Waals surface area contributed by atoms with Crippen LogP contribution in [0.5, 0.6) is 0 Å². The van der Waals surface area contributed by atoms with Crippen LogP contribution in [0.15, 0.2) is 30.3 Å². The summed E-state index contributed by atoms with van der Waals surface area (Å²) in [4.78, 5) is 28.5. The molecule has 2 atom stereocenters. The van der Waals surface area contributed by atoms with Gasteiger partial charge in [0.1, 0.15) is 0 Å². The molecule has 2 amide bonds. The van der Waals surface area contributed by atoms with Crippen LogP contribution in [0.3, 0.4) is 0 Å². The molecular formula is C27H28F6N2O4. The van der Waals surface area contributed by atoms with Crippen LogP contribution >= 0.6 is 0 Å². The summed E-state index contributed by atoms with van der Waals surface area (Å²) in [6.07, 6.45) is -8.95. The number of rotatable bonds is 4. The molecule has 39 heavy (non-hydrogen) atoms. The Balaban J connectivity index is 1.83. The average Bonchev–Trinajstić information content (AvgIpc) is 3.31. The molecule has 0 saturated heterocycles. The normalized spacial score (nSPS) is 18.8. The van der Waals surface area contributed by atoms with Gasteiger partial charge in [0, 0.05) is 12.6 Å². The van der Waals surface area contributed by atoms with E-state index in [0.29, 0.717) is 23.4 Å². The van der Waals surface area contributed by atoms with E-state index in [1.807, 2.05) is 12.1 Å². The molecule has 0 aromatic heterocycles. The Morgan fingerprint density at radius 1 is 0.974 bits per heavy atom. The van der Waals surface area contributed by atoms with Crippen molar-refractivity contribution in [2.45, 2.75) is 70.5 Å². The highest BCUT2D eigenvalue weighted by molar-refractivity contribution is 5.91. The van der Waals surface area contributed by atoms with Crippen LogP contribution in [0, 0.1) is 0 Å². The lowest BCUT2D eigenvalue weighted by Crippen LogP contribution is -2.47. The second-order valence-electron chi connectivity index (χ2n) is 9.71. The summed E-state index contributed by atoms with van der Waals surface area (Å²) in [5.41, 5.74) is -0.206. The smallest absolute Gasteiger partial charge is 0.416 e. The molecule has 1 heterocycles. The Morgan fingerprint density at radius 3 is 2.10 bits per heavy atom. The van der Waals surface area contributed by atoms with Crippen LogP contribution in [-0.4, -0.2) is 36.8 Å². The fourth-order valence-electron chi connectivity index (χ4n) is 5.39. The minimum Gasteiger partial charge on any atom is -0.453 e. The maximum Gasteiger partial charge on any atom is 0.416 e. The van der Waals surface area contributed by atoms with Gasteiger partial charge in [-0.2, -0.15) is 26.3 Å². The number of anilines is 1. The second kappa shape index (κ2) is 10.6. The number of nitrogens with zero attached hydrogens (tertiary/aromatic N) is 2. The third-order valence-electron chi connectivity index (χ3n) is 7.12. The Kier molecular flexibility index (Phi) is 7.77. The number of methoxy groups -OCH3 is 1. The Labute approximate surface area is 221 Å². The molecule has 1 aliphatic carbocycles. The van der Waals surface area contributed by atoms with E-state index in [0.717, 1.165) is 42.4 Å². The monoisotopic (exact) mass is 558 g/mol. The molecule has 2 aromatic rings. The highest BCUT2D eigenvalue weighted by atomic mass is 19.4. The Morgan fingerprint density at radius 2 is 1.56 bits per heavy atom. The first-order chi connectivity index (χ1) is 18.2. The highest BCUT2D eigenvalue weighted by Crippen LogP contribution is 2.45. The van der Waals surface area contributed by atoms with E-state index < -0.39 is 54.3 Å². The summed E-state index contributed by atoms with van der Waals surface area (Å²) in [6.45, 7) is 2.97. The van der Waals surface area contributed by atoms with Gasteiger partial charge in [-0.25, -0.2) is 9.59 Å². The van der Waals surface area contributed by atoms with Gasteiger partial charge in [0.25, 0.3) is 0 Å². The molecule has 0 spiro atoms. The van der Waals surface area contributed by atoms with Crippen molar-refractivity contribution in [2.24, 2.45) is 0 Å². The van der Waals surface area contributed by atoms with Gasteiger partial charge in [-0.1, -0.05) is 6.07 Å². The van der Waals surface area contributed by atoms with Gasteiger partial charge < -0.3 is 9.47 Å². The van der Waals surface area contributed by atoms with Gasteiger partial charge in [0.2, 0.25) is 0 Å². The molecule has 12 heteroatoms. The van der Waals surface area contributed by atoms with E-state index in [1.54, 1.807) is 13.8 Å². The summed E-state index contributed by atoms with van der Waals surface area (Å²) in [6, 6.07) is 3.69. The number of alkyl halides is 6. The number of fused-ring (bicyclic) bond motifs is 2. The van der Waals surface area contributed by atoms with Crippen LogP contribution in [0.4, 0.5) is 41.6 Å². The minimum atomic E-state index is -5.03. The quantitative estimate of drug-likeness (QED) is 0.370. The minimum absolute atomic E-state index is 0.0461. The van der Waals surface area contributed by atoms with Crippen LogP contribution in [0.1, 0.15) is 66.1 Å². The molecule has 0 saturated carbocycles. The number of ether oxygens (including phenoxy) is 2. The lowest BCUT2D eigenvalue weighted by Gasteiger charge is -2.43. The fraction of sp³-hybridized carbons (Fsp3) is 0.481. The molecule has 1 aliphatic heterocycles. The first-order valence-corrected chi connectivity index (χ1v) is 12.5. The third-order valence-corrected chi connectivity index (χ3v) is 7.12. The number of aryl methyl sites for hydroxylation is 2. The van der Waals surface area contributed by atoms with Gasteiger partial charge in [-0.3, -0.25) is 9.80 Å². The summed E-state index contributed by atoms with van der Waals surface area (Å²) < 4.78 is 91.1. The topological polar surface area (TPSA) is 59.1 Å². The van der Waals surface area contributed by atoms with Crippen molar-refractivity contribution in [3.8, 4) is 0 Å². The molecule has 0 fully saturated rings. The molecule has 6 nitrogen and oxygen atoms in total. The first-order valence-electron chi connectivity index (χ1n) is 12.5. The number of amides is 2. The van der Waals surface area contributed by atoms with E-state index in [4.69, 9.17) is 9.47 Å². The zero-order valence-corrected chi connectivity index (χ0v) is 21.6. The molecule has 2 aromatic carbocycles. The number of carbonyl (C=O) groups excluding carboxylic acids is 2. The summed E-state index contributed by atoms with van der Waals surface area (Å²) in [7, 11) is 1.09. The number of halogens is 6. The Hall–Kier alpha value is -3.44. The standard InChI is InChI=1S/C27H28F6N2O4/c1-4-39-25(37)35-15(2)8-22(21-11-17-6-5-7-18(17)12-23(21)35)34(24(36)38-3)14-16-9-19(26(28,29)30)13-20(10-16)27(31,32)33/h9-13,15,22H,4-8,14H2,1-3H3/t15-,22+/m1/s1. The lowest BCUT2D eigenvalue weighted by molar-refractivity contribution is -0.143. The van der Waals surface area contributed by atoms with Crippen molar-refractivity contribution in [1.82, 2.24) is 4.90 Å². The van der Waals surface area contributed by atoms with Crippen molar-refractivity contribution in [2.75, 3.05) is 18.6 Å². The van der Waals surface area contributed by atoms with Crippen LogP contribution in [0.25, 0.3) is 0 Å². The van der Waals surface area contributed by atoms with Crippen LogP contribution in [-0.2, 0) is 41.2 Å². The molecule has 0 unspecified atom stereocenters. The molecule has 212 valence electrons. The van der Waals surface area contributed by atoms with E-state index in [2.05, 4.69) is 0 Å². The lowest BCUT2D eigenvalue weighted by atomic mass is 9.88.